The van der Waals surface area contributed by atoms with Gasteiger partial charge in [-0.1, -0.05) is 24.6 Å². The summed E-state index contributed by atoms with van der Waals surface area (Å²) in [5.74, 6) is 0.777. The number of nitrogens with one attached hydrogen (secondary N) is 1. The van der Waals surface area contributed by atoms with Gasteiger partial charge in [0, 0.05) is 10.6 Å². The predicted octanol–water partition coefficient (Wildman–Crippen LogP) is 4.05. The van der Waals surface area contributed by atoms with Gasteiger partial charge in [-0.25, -0.2) is 0 Å². The summed E-state index contributed by atoms with van der Waals surface area (Å²) in [6, 6.07) is 9.50. The standard InChI is InChI=1S/C15H18ClNO2/c1-2-7-17-15(12-6-8-18-10-12)11-19-14-5-3-4-13(16)9-14/h3-6,8-10,15,17H,2,7,11H2,1H3. The van der Waals surface area contributed by atoms with Crippen LogP contribution < -0.4 is 10.1 Å². The second-order valence-corrected chi connectivity index (χ2v) is 4.77. The van der Waals surface area contributed by atoms with Crippen LogP contribution in [0.4, 0.5) is 0 Å². The van der Waals surface area contributed by atoms with Crippen LogP contribution in [0.25, 0.3) is 0 Å². The number of halogens is 1. The first-order chi connectivity index (χ1) is 9.29. The van der Waals surface area contributed by atoms with E-state index in [1.165, 1.54) is 0 Å². The number of hydrogen-bond donors (Lipinski definition) is 1. The van der Waals surface area contributed by atoms with Crippen LogP contribution in [0.3, 0.4) is 0 Å². The average molecular weight is 280 g/mol. The Balaban J connectivity index is 1.96. The van der Waals surface area contributed by atoms with Gasteiger partial charge in [0.05, 0.1) is 18.6 Å². The van der Waals surface area contributed by atoms with Crippen molar-refractivity contribution < 1.29 is 9.15 Å². The van der Waals surface area contributed by atoms with E-state index in [2.05, 4.69) is 12.2 Å². The first-order valence-corrected chi connectivity index (χ1v) is 6.81. The molecule has 102 valence electrons. The number of rotatable bonds is 7. The third kappa shape index (κ3) is 4.30. The SMILES string of the molecule is CCCNC(COc1cccc(Cl)c1)c1ccoc1. The van der Waals surface area contributed by atoms with Crippen LogP contribution in [0, 0.1) is 0 Å². The van der Waals surface area contributed by atoms with Crippen LogP contribution in [0.5, 0.6) is 5.75 Å². The molecule has 0 spiro atoms. The maximum atomic E-state index is 5.93. The van der Waals surface area contributed by atoms with Gasteiger partial charge in [0.2, 0.25) is 0 Å². The van der Waals surface area contributed by atoms with Crippen LogP contribution >= 0.6 is 11.6 Å². The van der Waals surface area contributed by atoms with E-state index in [-0.39, 0.29) is 6.04 Å². The second kappa shape index (κ2) is 7.22. The van der Waals surface area contributed by atoms with Gasteiger partial charge in [0.1, 0.15) is 12.4 Å². The molecular weight excluding hydrogens is 262 g/mol. The highest BCUT2D eigenvalue weighted by atomic mass is 35.5. The van der Waals surface area contributed by atoms with Crippen molar-refractivity contribution >= 4 is 11.6 Å². The fraction of sp³-hybridized carbons (Fsp3) is 0.333. The highest BCUT2D eigenvalue weighted by Crippen LogP contribution is 2.20. The monoisotopic (exact) mass is 279 g/mol. The molecule has 0 amide bonds. The van der Waals surface area contributed by atoms with Crippen molar-refractivity contribution in [2.24, 2.45) is 0 Å². The molecule has 0 bridgehead atoms. The molecule has 0 fully saturated rings. The summed E-state index contributed by atoms with van der Waals surface area (Å²) in [7, 11) is 0. The lowest BCUT2D eigenvalue weighted by Crippen LogP contribution is -2.27. The normalized spacial score (nSPS) is 12.3. The summed E-state index contributed by atoms with van der Waals surface area (Å²) in [5, 5.41) is 4.12. The Morgan fingerprint density at radius 1 is 1.37 bits per heavy atom. The molecule has 0 aliphatic rings. The molecule has 2 aromatic rings. The molecule has 0 saturated carbocycles. The molecule has 0 aliphatic carbocycles. The molecule has 1 N–H and O–H groups in total. The molecule has 1 heterocycles. The molecule has 2 rings (SSSR count). The summed E-state index contributed by atoms with van der Waals surface area (Å²) in [4.78, 5) is 0. The van der Waals surface area contributed by atoms with Crippen LogP contribution in [-0.2, 0) is 0 Å². The fourth-order valence-electron chi connectivity index (χ4n) is 1.80. The Labute approximate surface area is 118 Å². The van der Waals surface area contributed by atoms with Crippen LogP contribution in [0.15, 0.2) is 47.3 Å². The van der Waals surface area contributed by atoms with Gasteiger partial charge >= 0.3 is 0 Å². The highest BCUT2D eigenvalue weighted by molar-refractivity contribution is 6.30. The van der Waals surface area contributed by atoms with Crippen LogP contribution in [-0.4, -0.2) is 13.2 Å². The first kappa shape index (κ1) is 14.0. The maximum absolute atomic E-state index is 5.93. The van der Waals surface area contributed by atoms with Crippen molar-refractivity contribution in [2.45, 2.75) is 19.4 Å². The number of ether oxygens (including phenoxy) is 1. The van der Waals surface area contributed by atoms with Crippen molar-refractivity contribution in [2.75, 3.05) is 13.2 Å². The molecule has 0 radical (unpaired) electrons. The maximum Gasteiger partial charge on any atom is 0.120 e. The molecule has 4 heteroatoms. The van der Waals surface area contributed by atoms with Gasteiger partial charge in [-0.3, -0.25) is 0 Å². The molecule has 0 aliphatic heterocycles. The van der Waals surface area contributed by atoms with Crippen LogP contribution in [0.2, 0.25) is 5.02 Å². The minimum absolute atomic E-state index is 0.123. The zero-order valence-electron chi connectivity index (χ0n) is 10.9. The van der Waals surface area contributed by atoms with E-state index in [4.69, 9.17) is 20.8 Å². The van der Waals surface area contributed by atoms with Gasteiger partial charge in [-0.05, 0) is 37.2 Å². The Morgan fingerprint density at radius 2 is 2.26 bits per heavy atom. The van der Waals surface area contributed by atoms with E-state index in [0.717, 1.165) is 24.3 Å². The van der Waals surface area contributed by atoms with Gasteiger partial charge in [-0.15, -0.1) is 0 Å². The summed E-state index contributed by atoms with van der Waals surface area (Å²) in [6.45, 7) is 3.62. The molecule has 1 aromatic heterocycles. The van der Waals surface area contributed by atoms with Crippen molar-refractivity contribution in [3.05, 3.63) is 53.4 Å². The van der Waals surface area contributed by atoms with E-state index in [0.29, 0.717) is 11.6 Å². The summed E-state index contributed by atoms with van der Waals surface area (Å²) in [6.07, 6.45) is 4.50. The topological polar surface area (TPSA) is 34.4 Å². The molecule has 19 heavy (non-hydrogen) atoms. The van der Waals surface area contributed by atoms with E-state index < -0.39 is 0 Å². The van der Waals surface area contributed by atoms with E-state index in [1.807, 2.05) is 30.3 Å². The molecule has 3 nitrogen and oxygen atoms in total. The zero-order chi connectivity index (χ0) is 13.5. The van der Waals surface area contributed by atoms with Crippen molar-refractivity contribution in [1.82, 2.24) is 5.32 Å². The first-order valence-electron chi connectivity index (χ1n) is 6.43. The molecule has 0 saturated heterocycles. The Morgan fingerprint density at radius 3 is 2.95 bits per heavy atom. The number of furan rings is 1. The number of benzene rings is 1. The van der Waals surface area contributed by atoms with E-state index in [9.17, 15) is 0 Å². The molecule has 1 unspecified atom stereocenters. The average Bonchev–Trinajstić information content (AvgIpc) is 2.93. The number of hydrogen-bond acceptors (Lipinski definition) is 3. The third-order valence-electron chi connectivity index (χ3n) is 2.80. The van der Waals surface area contributed by atoms with Gasteiger partial charge in [0.25, 0.3) is 0 Å². The minimum Gasteiger partial charge on any atom is -0.492 e. The zero-order valence-corrected chi connectivity index (χ0v) is 11.7. The minimum atomic E-state index is 0.123. The second-order valence-electron chi connectivity index (χ2n) is 4.33. The molecular formula is C15H18ClNO2. The van der Waals surface area contributed by atoms with Gasteiger partial charge < -0.3 is 14.5 Å². The lowest BCUT2D eigenvalue weighted by Gasteiger charge is -2.17. The van der Waals surface area contributed by atoms with Gasteiger partial charge in [-0.2, -0.15) is 0 Å². The highest BCUT2D eigenvalue weighted by Gasteiger charge is 2.12. The molecule has 1 aromatic carbocycles. The van der Waals surface area contributed by atoms with Crippen molar-refractivity contribution in [1.29, 1.82) is 0 Å². The van der Waals surface area contributed by atoms with Crippen molar-refractivity contribution in [3.8, 4) is 5.75 Å². The van der Waals surface area contributed by atoms with Gasteiger partial charge in [0.15, 0.2) is 0 Å². The summed E-state index contributed by atoms with van der Waals surface area (Å²) < 4.78 is 10.9. The summed E-state index contributed by atoms with van der Waals surface area (Å²) >= 11 is 5.93. The third-order valence-corrected chi connectivity index (χ3v) is 3.03. The van der Waals surface area contributed by atoms with E-state index >= 15 is 0 Å². The Hall–Kier alpha value is -1.45. The quantitative estimate of drug-likeness (QED) is 0.830. The summed E-state index contributed by atoms with van der Waals surface area (Å²) in [5.41, 5.74) is 1.09. The fourth-order valence-corrected chi connectivity index (χ4v) is 1.98. The van der Waals surface area contributed by atoms with Crippen LogP contribution in [0.1, 0.15) is 24.9 Å². The largest absolute Gasteiger partial charge is 0.492 e. The lowest BCUT2D eigenvalue weighted by atomic mass is 10.1. The van der Waals surface area contributed by atoms with Crippen molar-refractivity contribution in [3.63, 3.8) is 0 Å². The lowest BCUT2D eigenvalue weighted by molar-refractivity contribution is 0.266. The smallest absolute Gasteiger partial charge is 0.120 e. The Bertz CT molecular complexity index is 485. The van der Waals surface area contributed by atoms with E-state index in [1.54, 1.807) is 12.5 Å². The molecule has 1 atom stereocenters. The predicted molar refractivity (Wildman–Crippen MR) is 76.7 cm³/mol. The Kier molecular flexibility index (Phi) is 5.31.